The van der Waals surface area contributed by atoms with Crippen LogP contribution in [0.2, 0.25) is 0 Å². The van der Waals surface area contributed by atoms with Crippen molar-refractivity contribution < 1.29 is 14.4 Å². The Kier molecular flexibility index (Phi) is 9.13. The number of likely N-dealkylation sites (N-methyl/N-ethyl adjacent to an activating group) is 1. The summed E-state index contributed by atoms with van der Waals surface area (Å²) in [6.45, 7) is 7.86. The SMILES string of the molecule is Cc1ccc2ccccc2c1CN1C(=O)[C@@H](C(C)C(N)=O)CN(C(=O)CN2CCN(C)CC2)c2ccccc21.Cl. The van der Waals surface area contributed by atoms with Crippen molar-refractivity contribution in [2.45, 2.75) is 20.4 Å². The summed E-state index contributed by atoms with van der Waals surface area (Å²) in [4.78, 5) is 48.3. The second-order valence-corrected chi connectivity index (χ2v) is 10.9. The molecule has 0 radical (unpaired) electrons. The average molecular weight is 564 g/mol. The summed E-state index contributed by atoms with van der Waals surface area (Å²) in [5.74, 6) is -2.32. The molecule has 2 aliphatic heterocycles. The Hall–Kier alpha value is -3.46. The largest absolute Gasteiger partial charge is 0.369 e. The van der Waals surface area contributed by atoms with E-state index in [-0.39, 0.29) is 37.3 Å². The lowest BCUT2D eigenvalue weighted by atomic mass is 9.91. The Morgan fingerprint density at radius 3 is 2.30 bits per heavy atom. The number of piperazine rings is 1. The minimum Gasteiger partial charge on any atom is -0.369 e. The monoisotopic (exact) mass is 563 g/mol. The summed E-state index contributed by atoms with van der Waals surface area (Å²) >= 11 is 0. The first-order valence-corrected chi connectivity index (χ1v) is 13.6. The van der Waals surface area contributed by atoms with Crippen molar-refractivity contribution in [3.63, 3.8) is 0 Å². The fraction of sp³-hybridized carbons (Fsp3) is 0.387. The first-order chi connectivity index (χ1) is 18.7. The molecule has 2 heterocycles. The van der Waals surface area contributed by atoms with Gasteiger partial charge in [-0.2, -0.15) is 0 Å². The summed E-state index contributed by atoms with van der Waals surface area (Å²) in [5.41, 5.74) is 9.20. The predicted octanol–water partition coefficient (Wildman–Crippen LogP) is 3.43. The van der Waals surface area contributed by atoms with Crippen LogP contribution in [0.5, 0.6) is 0 Å². The predicted molar refractivity (Wildman–Crippen MR) is 162 cm³/mol. The fourth-order valence-corrected chi connectivity index (χ4v) is 5.68. The van der Waals surface area contributed by atoms with Crippen LogP contribution in [0.1, 0.15) is 18.1 Å². The van der Waals surface area contributed by atoms with Gasteiger partial charge in [0.25, 0.3) is 0 Å². The molecular formula is C31H38ClN5O3. The summed E-state index contributed by atoms with van der Waals surface area (Å²) < 4.78 is 0. The molecule has 2 aliphatic rings. The Labute approximate surface area is 242 Å². The minimum atomic E-state index is -0.762. The highest BCUT2D eigenvalue weighted by molar-refractivity contribution is 6.07. The number of anilines is 2. The van der Waals surface area contributed by atoms with Crippen molar-refractivity contribution in [2.24, 2.45) is 17.6 Å². The van der Waals surface area contributed by atoms with Crippen LogP contribution in [-0.2, 0) is 20.9 Å². The Balaban J connectivity index is 0.00000370. The molecule has 212 valence electrons. The van der Waals surface area contributed by atoms with Crippen LogP contribution in [0, 0.1) is 18.8 Å². The number of aryl methyl sites for hydroxylation is 1. The number of hydrogen-bond acceptors (Lipinski definition) is 5. The lowest BCUT2D eigenvalue weighted by Crippen LogP contribution is -2.50. The van der Waals surface area contributed by atoms with Gasteiger partial charge in [0, 0.05) is 38.6 Å². The van der Waals surface area contributed by atoms with Gasteiger partial charge < -0.3 is 20.4 Å². The van der Waals surface area contributed by atoms with Gasteiger partial charge in [-0.1, -0.05) is 55.5 Å². The summed E-state index contributed by atoms with van der Waals surface area (Å²) in [7, 11) is 2.08. The second kappa shape index (κ2) is 12.4. The van der Waals surface area contributed by atoms with Gasteiger partial charge in [0.15, 0.2) is 0 Å². The van der Waals surface area contributed by atoms with E-state index < -0.39 is 17.7 Å². The number of nitrogens with zero attached hydrogens (tertiary/aromatic N) is 4. The van der Waals surface area contributed by atoms with E-state index in [0.29, 0.717) is 17.9 Å². The van der Waals surface area contributed by atoms with E-state index in [1.165, 1.54) is 0 Å². The third kappa shape index (κ3) is 5.84. The number of para-hydroxylation sites is 2. The van der Waals surface area contributed by atoms with Gasteiger partial charge in [0.1, 0.15) is 0 Å². The lowest BCUT2D eigenvalue weighted by molar-refractivity contribution is -0.131. The molecule has 3 aromatic rings. The van der Waals surface area contributed by atoms with Gasteiger partial charge in [-0.3, -0.25) is 19.3 Å². The molecule has 0 bridgehead atoms. The molecule has 40 heavy (non-hydrogen) atoms. The van der Waals surface area contributed by atoms with Crippen LogP contribution in [-0.4, -0.2) is 73.8 Å². The van der Waals surface area contributed by atoms with E-state index in [0.717, 1.165) is 48.1 Å². The van der Waals surface area contributed by atoms with Gasteiger partial charge in [0.2, 0.25) is 17.7 Å². The third-order valence-electron chi connectivity index (χ3n) is 8.33. The third-order valence-corrected chi connectivity index (χ3v) is 8.33. The van der Waals surface area contributed by atoms with E-state index in [2.05, 4.69) is 41.1 Å². The number of halogens is 1. The molecule has 8 nitrogen and oxygen atoms in total. The second-order valence-electron chi connectivity index (χ2n) is 10.9. The zero-order valence-electron chi connectivity index (χ0n) is 23.4. The fourth-order valence-electron chi connectivity index (χ4n) is 5.68. The number of fused-ring (bicyclic) bond motifs is 2. The Morgan fingerprint density at radius 1 is 0.950 bits per heavy atom. The van der Waals surface area contributed by atoms with Gasteiger partial charge in [-0.25, -0.2) is 0 Å². The molecule has 3 amide bonds. The number of benzene rings is 3. The van der Waals surface area contributed by atoms with Crippen molar-refractivity contribution in [2.75, 3.05) is 56.1 Å². The van der Waals surface area contributed by atoms with Crippen molar-refractivity contribution in [1.29, 1.82) is 0 Å². The van der Waals surface area contributed by atoms with Gasteiger partial charge >= 0.3 is 0 Å². The van der Waals surface area contributed by atoms with Crippen molar-refractivity contribution in [3.8, 4) is 0 Å². The van der Waals surface area contributed by atoms with Crippen molar-refractivity contribution in [3.05, 3.63) is 71.8 Å². The quantitative estimate of drug-likeness (QED) is 0.496. The summed E-state index contributed by atoms with van der Waals surface area (Å²) in [6, 6.07) is 19.8. The molecule has 5 rings (SSSR count). The molecule has 1 unspecified atom stereocenters. The van der Waals surface area contributed by atoms with E-state index in [1.54, 1.807) is 16.7 Å². The van der Waals surface area contributed by atoms with Crippen molar-refractivity contribution in [1.82, 2.24) is 9.80 Å². The highest BCUT2D eigenvalue weighted by atomic mass is 35.5. The first-order valence-electron chi connectivity index (χ1n) is 13.6. The molecule has 0 spiro atoms. The Morgan fingerprint density at radius 2 is 1.60 bits per heavy atom. The normalized spacial score (nSPS) is 19.1. The van der Waals surface area contributed by atoms with Crippen LogP contribution in [0.3, 0.4) is 0 Å². The molecule has 2 N–H and O–H groups in total. The van der Waals surface area contributed by atoms with E-state index in [9.17, 15) is 14.4 Å². The maximum Gasteiger partial charge on any atom is 0.241 e. The maximum absolute atomic E-state index is 14.3. The molecule has 0 saturated carbocycles. The number of carbonyl (C=O) groups excluding carboxylic acids is 3. The smallest absolute Gasteiger partial charge is 0.241 e. The van der Waals surface area contributed by atoms with Gasteiger partial charge in [0.05, 0.1) is 30.4 Å². The molecular weight excluding hydrogens is 526 g/mol. The number of nitrogens with two attached hydrogens (primary N) is 1. The molecule has 1 saturated heterocycles. The number of amides is 3. The molecule has 0 aliphatic carbocycles. The lowest BCUT2D eigenvalue weighted by Gasteiger charge is -2.34. The first kappa shape index (κ1) is 29.5. The zero-order chi connectivity index (χ0) is 27.7. The molecule has 0 aromatic heterocycles. The standard InChI is InChI=1S/C31H37N5O3.ClH/c1-21-12-13-23-8-4-5-9-24(23)25(21)18-36-28-11-7-6-10-27(28)35(19-26(31(36)39)22(2)30(32)38)29(37)20-34-16-14-33(3)15-17-34;/h4-13,22,26H,14-20H2,1-3H3,(H2,32,38);1H/t22?,26-;/m1./s1. The van der Waals surface area contributed by atoms with E-state index in [1.807, 2.05) is 43.3 Å². The van der Waals surface area contributed by atoms with Gasteiger partial charge in [-0.15, -0.1) is 12.4 Å². The molecule has 9 heteroatoms. The number of primary amides is 1. The highest BCUT2D eigenvalue weighted by Crippen LogP contribution is 2.38. The van der Waals surface area contributed by atoms with Gasteiger partial charge in [-0.05, 0) is 48.0 Å². The minimum absolute atomic E-state index is 0. The summed E-state index contributed by atoms with van der Waals surface area (Å²) in [5, 5.41) is 2.18. The maximum atomic E-state index is 14.3. The van der Waals surface area contributed by atoms with Crippen LogP contribution >= 0.6 is 12.4 Å². The number of hydrogen-bond donors (Lipinski definition) is 1. The number of carbonyl (C=O) groups is 3. The van der Waals surface area contributed by atoms with Crippen LogP contribution < -0.4 is 15.5 Å². The zero-order valence-corrected chi connectivity index (χ0v) is 24.2. The molecule has 2 atom stereocenters. The Bertz CT molecular complexity index is 1400. The average Bonchev–Trinajstić information content (AvgIpc) is 3.05. The van der Waals surface area contributed by atoms with Crippen LogP contribution in [0.25, 0.3) is 10.8 Å². The topological polar surface area (TPSA) is 90.2 Å². The van der Waals surface area contributed by atoms with E-state index >= 15 is 0 Å². The molecule has 3 aromatic carbocycles. The van der Waals surface area contributed by atoms with E-state index in [4.69, 9.17) is 5.73 Å². The van der Waals surface area contributed by atoms with Crippen molar-refractivity contribution >= 4 is 52.3 Å². The number of rotatable bonds is 6. The summed E-state index contributed by atoms with van der Waals surface area (Å²) in [6.07, 6.45) is 0. The highest BCUT2D eigenvalue weighted by Gasteiger charge is 2.40. The van der Waals surface area contributed by atoms with Crippen LogP contribution in [0.4, 0.5) is 11.4 Å². The molecule has 1 fully saturated rings. The van der Waals surface area contributed by atoms with Crippen LogP contribution in [0.15, 0.2) is 60.7 Å².